The van der Waals surface area contributed by atoms with E-state index in [1.54, 1.807) is 0 Å². The first-order valence-corrected chi connectivity index (χ1v) is 8.30. The van der Waals surface area contributed by atoms with Gasteiger partial charge in [0.25, 0.3) is 0 Å². The highest BCUT2D eigenvalue weighted by molar-refractivity contribution is 5.14. The first kappa shape index (κ1) is 16.5. The van der Waals surface area contributed by atoms with E-state index in [1.165, 1.54) is 25.1 Å². The van der Waals surface area contributed by atoms with Crippen LogP contribution in [0.25, 0.3) is 0 Å². The Bertz CT molecular complexity index is 417. The van der Waals surface area contributed by atoms with Gasteiger partial charge in [0.2, 0.25) is 0 Å². The number of nitrogens with one attached hydrogen (secondary N) is 1. The highest BCUT2D eigenvalue weighted by Gasteiger charge is 2.30. The van der Waals surface area contributed by atoms with Crippen molar-refractivity contribution in [2.75, 3.05) is 40.3 Å². The molecular formula is C16H31N5. The van der Waals surface area contributed by atoms with Crippen molar-refractivity contribution in [3.63, 3.8) is 0 Å². The summed E-state index contributed by atoms with van der Waals surface area (Å²) >= 11 is 0. The van der Waals surface area contributed by atoms with Crippen molar-refractivity contribution in [2.45, 2.75) is 45.3 Å². The molecule has 1 aromatic heterocycles. The molecule has 21 heavy (non-hydrogen) atoms. The molecule has 0 bridgehead atoms. The Morgan fingerprint density at radius 3 is 2.81 bits per heavy atom. The van der Waals surface area contributed by atoms with Crippen molar-refractivity contribution in [1.29, 1.82) is 0 Å². The maximum Gasteiger partial charge on any atom is 0.0538 e. The van der Waals surface area contributed by atoms with E-state index in [2.05, 4.69) is 54.4 Å². The molecule has 1 aliphatic heterocycles. The van der Waals surface area contributed by atoms with Crippen LogP contribution in [0.15, 0.2) is 12.4 Å². The monoisotopic (exact) mass is 293 g/mol. The zero-order valence-corrected chi connectivity index (χ0v) is 14.0. The van der Waals surface area contributed by atoms with Gasteiger partial charge in [-0.3, -0.25) is 4.68 Å². The van der Waals surface area contributed by atoms with E-state index in [0.717, 1.165) is 26.1 Å². The molecule has 0 aliphatic carbocycles. The zero-order chi connectivity index (χ0) is 15.2. The van der Waals surface area contributed by atoms with Crippen LogP contribution in [-0.2, 0) is 6.54 Å². The predicted molar refractivity (Wildman–Crippen MR) is 87.5 cm³/mol. The first-order chi connectivity index (χ1) is 10.2. The summed E-state index contributed by atoms with van der Waals surface area (Å²) in [5.41, 5.74) is 1.32. The van der Waals surface area contributed by atoms with E-state index < -0.39 is 0 Å². The van der Waals surface area contributed by atoms with Crippen LogP contribution in [0.3, 0.4) is 0 Å². The molecule has 1 N–H and O–H groups in total. The van der Waals surface area contributed by atoms with Crippen molar-refractivity contribution in [1.82, 2.24) is 24.9 Å². The van der Waals surface area contributed by atoms with Gasteiger partial charge >= 0.3 is 0 Å². The van der Waals surface area contributed by atoms with Crippen LogP contribution < -0.4 is 5.32 Å². The number of nitrogens with zero attached hydrogens (tertiary/aromatic N) is 4. The lowest BCUT2D eigenvalue weighted by Crippen LogP contribution is -2.47. The van der Waals surface area contributed by atoms with Crippen LogP contribution in [-0.4, -0.2) is 65.9 Å². The van der Waals surface area contributed by atoms with E-state index in [0.29, 0.717) is 12.1 Å². The maximum atomic E-state index is 4.47. The molecule has 0 amide bonds. The fourth-order valence-corrected chi connectivity index (χ4v) is 3.15. The van der Waals surface area contributed by atoms with Gasteiger partial charge in [0.1, 0.15) is 0 Å². The highest BCUT2D eigenvalue weighted by atomic mass is 15.3. The van der Waals surface area contributed by atoms with E-state index in [9.17, 15) is 0 Å². The number of likely N-dealkylation sites (N-methyl/N-ethyl adjacent to an activating group) is 2. The molecule has 1 saturated heterocycles. The Morgan fingerprint density at radius 1 is 1.33 bits per heavy atom. The van der Waals surface area contributed by atoms with Gasteiger partial charge in [-0.15, -0.1) is 0 Å². The average Bonchev–Trinajstić information content (AvgIpc) is 2.88. The summed E-state index contributed by atoms with van der Waals surface area (Å²) in [5, 5.41) is 8.22. The van der Waals surface area contributed by atoms with E-state index in [4.69, 9.17) is 0 Å². The maximum absolute atomic E-state index is 4.47. The van der Waals surface area contributed by atoms with Crippen molar-refractivity contribution in [3.8, 4) is 0 Å². The van der Waals surface area contributed by atoms with Crippen molar-refractivity contribution in [3.05, 3.63) is 18.0 Å². The molecular weight excluding hydrogens is 262 g/mol. The van der Waals surface area contributed by atoms with Crippen LogP contribution in [0.2, 0.25) is 0 Å². The van der Waals surface area contributed by atoms with Crippen LogP contribution in [0, 0.1) is 0 Å². The smallest absolute Gasteiger partial charge is 0.0538 e. The molecule has 5 nitrogen and oxygen atoms in total. The van der Waals surface area contributed by atoms with Gasteiger partial charge < -0.3 is 15.1 Å². The fourth-order valence-electron chi connectivity index (χ4n) is 3.15. The third kappa shape index (κ3) is 4.28. The van der Waals surface area contributed by atoms with E-state index in [1.807, 2.05) is 10.9 Å². The molecule has 1 aromatic rings. The number of aryl methyl sites for hydroxylation is 1. The lowest BCUT2D eigenvalue weighted by atomic mass is 10.0. The Balaban J connectivity index is 2.20. The second-order valence-electron chi connectivity index (χ2n) is 6.22. The molecule has 0 saturated carbocycles. The summed E-state index contributed by atoms with van der Waals surface area (Å²) in [7, 11) is 4.49. The summed E-state index contributed by atoms with van der Waals surface area (Å²) < 4.78 is 2.02. The summed E-state index contributed by atoms with van der Waals surface area (Å²) in [6.45, 7) is 9.81. The summed E-state index contributed by atoms with van der Waals surface area (Å²) in [6, 6.07) is 0.856. The second-order valence-corrected chi connectivity index (χ2v) is 6.22. The lowest BCUT2D eigenvalue weighted by Gasteiger charge is -2.34. The topological polar surface area (TPSA) is 36.3 Å². The minimum Gasteiger partial charge on any atom is -0.308 e. The minimum absolute atomic E-state index is 0.357. The largest absolute Gasteiger partial charge is 0.308 e. The Labute approximate surface area is 129 Å². The standard InChI is InChI=1S/C16H31N5/c1-5-8-17-16(14-11-18-21(6-2)12-14)15-13-19(3)9-7-10-20(15)4/h11-12,15-17H,5-10,13H2,1-4H3. The van der Waals surface area contributed by atoms with Crippen molar-refractivity contribution < 1.29 is 0 Å². The lowest BCUT2D eigenvalue weighted by molar-refractivity contribution is 0.178. The van der Waals surface area contributed by atoms with Gasteiger partial charge in [-0.05, 0) is 53.5 Å². The molecule has 120 valence electrons. The average molecular weight is 293 g/mol. The molecule has 2 rings (SSSR count). The Kier molecular flexibility index (Phi) is 6.21. The fraction of sp³-hybridized carbons (Fsp3) is 0.812. The van der Waals surface area contributed by atoms with Crippen molar-refractivity contribution >= 4 is 0 Å². The van der Waals surface area contributed by atoms with Gasteiger partial charge in [-0.2, -0.15) is 5.10 Å². The predicted octanol–water partition coefficient (Wildman–Crippen LogP) is 1.58. The number of rotatable bonds is 6. The van der Waals surface area contributed by atoms with Crippen LogP contribution in [0.5, 0.6) is 0 Å². The van der Waals surface area contributed by atoms with Crippen LogP contribution >= 0.6 is 0 Å². The molecule has 1 aliphatic rings. The minimum atomic E-state index is 0.357. The van der Waals surface area contributed by atoms with Gasteiger partial charge in [0, 0.05) is 30.9 Å². The Hall–Kier alpha value is -0.910. The zero-order valence-electron chi connectivity index (χ0n) is 14.0. The summed E-state index contributed by atoms with van der Waals surface area (Å²) in [4.78, 5) is 4.97. The van der Waals surface area contributed by atoms with E-state index in [-0.39, 0.29) is 0 Å². The SMILES string of the molecule is CCCNC(c1cnn(CC)c1)C1CN(C)CCCN1C. The quantitative estimate of drug-likeness (QED) is 0.864. The molecule has 2 atom stereocenters. The van der Waals surface area contributed by atoms with Crippen molar-refractivity contribution in [2.24, 2.45) is 0 Å². The molecule has 0 aromatic carbocycles. The molecule has 5 heteroatoms. The van der Waals surface area contributed by atoms with Gasteiger partial charge in [-0.25, -0.2) is 0 Å². The molecule has 2 unspecified atom stereocenters. The Morgan fingerprint density at radius 2 is 2.14 bits per heavy atom. The number of aromatic nitrogens is 2. The van der Waals surface area contributed by atoms with Gasteiger partial charge in [0.05, 0.1) is 12.2 Å². The van der Waals surface area contributed by atoms with Crippen LogP contribution in [0.4, 0.5) is 0 Å². The molecule has 1 fully saturated rings. The van der Waals surface area contributed by atoms with Gasteiger partial charge in [-0.1, -0.05) is 6.92 Å². The van der Waals surface area contributed by atoms with Crippen LogP contribution in [0.1, 0.15) is 38.3 Å². The molecule has 2 heterocycles. The molecule has 0 spiro atoms. The normalized spacial score (nSPS) is 23.1. The summed E-state index contributed by atoms with van der Waals surface area (Å²) in [6.07, 6.45) is 6.64. The number of hydrogen-bond acceptors (Lipinski definition) is 4. The summed E-state index contributed by atoms with van der Waals surface area (Å²) in [5.74, 6) is 0. The highest BCUT2D eigenvalue weighted by Crippen LogP contribution is 2.23. The third-order valence-electron chi connectivity index (χ3n) is 4.45. The number of hydrogen-bond donors (Lipinski definition) is 1. The first-order valence-electron chi connectivity index (χ1n) is 8.30. The molecule has 0 radical (unpaired) electrons. The van der Waals surface area contributed by atoms with Gasteiger partial charge in [0.15, 0.2) is 0 Å². The second kappa shape index (κ2) is 7.92. The van der Waals surface area contributed by atoms with E-state index >= 15 is 0 Å². The third-order valence-corrected chi connectivity index (χ3v) is 4.45.